The fourth-order valence-electron chi connectivity index (χ4n) is 1.07. The van der Waals surface area contributed by atoms with E-state index >= 15 is 0 Å². The molecule has 0 aromatic heterocycles. The van der Waals surface area contributed by atoms with Gasteiger partial charge in [-0.2, -0.15) is 0 Å². The smallest absolute Gasteiger partial charge is 0.269 e. The van der Waals surface area contributed by atoms with Gasteiger partial charge >= 0.3 is 0 Å². The maximum Gasteiger partial charge on any atom is 0.269 e. The number of hydrogen-bond acceptors (Lipinski definition) is 3. The lowest BCUT2D eigenvalue weighted by Gasteiger charge is -2.11. The number of rotatable bonds is 1. The highest BCUT2D eigenvalue weighted by atomic mass is 16.7. The maximum absolute atomic E-state index is 5.70. The monoisotopic (exact) mass is 162 g/mol. The molecule has 1 aliphatic heterocycles. The summed E-state index contributed by atoms with van der Waals surface area (Å²) in [5, 5.41) is 0. The first kappa shape index (κ1) is 7.03. The lowest BCUT2D eigenvalue weighted by Crippen LogP contribution is -2.01. The average Bonchev–Trinajstić information content (AvgIpc) is 2.57. The van der Waals surface area contributed by atoms with Crippen LogP contribution in [-0.2, 0) is 9.47 Å². The first-order valence-corrected chi connectivity index (χ1v) is 3.60. The molecule has 1 aliphatic rings. The molecule has 2 N–H and O–H groups in total. The van der Waals surface area contributed by atoms with Crippen molar-refractivity contribution in [1.29, 1.82) is 0 Å². The van der Waals surface area contributed by atoms with E-state index in [1.165, 1.54) is 6.26 Å². The Morgan fingerprint density at radius 1 is 1.33 bits per heavy atom. The van der Waals surface area contributed by atoms with Crippen molar-refractivity contribution in [3.8, 4) is 0 Å². The number of nitrogen functional groups attached to an aromatic ring is 1. The van der Waals surface area contributed by atoms with Crippen LogP contribution in [-0.4, -0.2) is 0 Å². The Bertz CT molecular complexity index is 301. The molecule has 1 unspecified atom stereocenters. The number of anilines is 1. The van der Waals surface area contributed by atoms with Gasteiger partial charge in [0, 0.05) is 5.69 Å². The van der Waals surface area contributed by atoms with Crippen LogP contribution in [0.4, 0.5) is 5.69 Å². The maximum atomic E-state index is 5.70. The van der Waals surface area contributed by atoms with Gasteiger partial charge < -0.3 is 15.2 Å². The summed E-state index contributed by atoms with van der Waals surface area (Å²) in [5.74, 6) is 0. The molecular weight excluding hydrogens is 154 g/mol. The summed E-state index contributed by atoms with van der Waals surface area (Å²) in [7, 11) is 0. The first-order valence-electron chi connectivity index (χ1n) is 3.60. The Morgan fingerprint density at radius 3 is 2.83 bits per heavy atom. The number of ether oxygens (including phenoxy) is 2. The summed E-state index contributed by atoms with van der Waals surface area (Å²) >= 11 is 0. The lowest BCUT2D eigenvalue weighted by molar-refractivity contribution is -0.0296. The SMILES string of the molecule is Nc1ccccc1C1O[C]=CO1. The highest BCUT2D eigenvalue weighted by Gasteiger charge is 2.17. The number of hydrogen-bond donors (Lipinski definition) is 1. The number of para-hydroxylation sites is 1. The summed E-state index contributed by atoms with van der Waals surface area (Å²) in [4.78, 5) is 0. The van der Waals surface area contributed by atoms with Crippen LogP contribution in [0.25, 0.3) is 0 Å². The molecule has 1 heterocycles. The molecule has 2 rings (SSSR count). The Labute approximate surface area is 70.4 Å². The molecule has 0 fully saturated rings. The van der Waals surface area contributed by atoms with Crippen molar-refractivity contribution in [2.75, 3.05) is 5.73 Å². The minimum absolute atomic E-state index is 0.425. The van der Waals surface area contributed by atoms with Gasteiger partial charge in [0.1, 0.15) is 6.26 Å². The van der Waals surface area contributed by atoms with Crippen LogP contribution < -0.4 is 5.73 Å². The standard InChI is InChI=1S/C9H8NO2/c10-8-4-2-1-3-7(8)9-11-5-6-12-9/h1-5,9H,10H2. The van der Waals surface area contributed by atoms with Gasteiger partial charge in [0.25, 0.3) is 6.29 Å². The van der Waals surface area contributed by atoms with Gasteiger partial charge in [-0.25, -0.2) is 0 Å². The van der Waals surface area contributed by atoms with Crippen molar-refractivity contribution >= 4 is 5.69 Å². The van der Waals surface area contributed by atoms with Crippen LogP contribution in [0.1, 0.15) is 11.9 Å². The van der Waals surface area contributed by atoms with E-state index in [9.17, 15) is 0 Å². The van der Waals surface area contributed by atoms with E-state index in [2.05, 4.69) is 6.26 Å². The van der Waals surface area contributed by atoms with E-state index in [-0.39, 0.29) is 0 Å². The number of nitrogens with two attached hydrogens (primary N) is 1. The van der Waals surface area contributed by atoms with E-state index in [1.54, 1.807) is 6.07 Å². The number of benzene rings is 1. The second-order valence-electron chi connectivity index (χ2n) is 2.45. The third-order valence-corrected chi connectivity index (χ3v) is 1.66. The molecule has 61 valence electrons. The zero-order chi connectivity index (χ0) is 8.39. The molecule has 0 bridgehead atoms. The fourth-order valence-corrected chi connectivity index (χ4v) is 1.07. The van der Waals surface area contributed by atoms with Gasteiger partial charge in [-0.3, -0.25) is 0 Å². The molecule has 0 aliphatic carbocycles. The van der Waals surface area contributed by atoms with E-state index in [1.807, 2.05) is 18.2 Å². The Kier molecular flexibility index (Phi) is 1.63. The van der Waals surface area contributed by atoms with Gasteiger partial charge in [-0.1, -0.05) is 12.1 Å². The molecule has 3 heteroatoms. The summed E-state index contributed by atoms with van der Waals surface area (Å²) in [6, 6.07) is 7.42. The molecule has 0 spiro atoms. The van der Waals surface area contributed by atoms with Gasteiger partial charge in [-0.15, -0.1) is 0 Å². The average molecular weight is 162 g/mol. The molecule has 1 atom stereocenters. The lowest BCUT2D eigenvalue weighted by atomic mass is 10.2. The summed E-state index contributed by atoms with van der Waals surface area (Å²) < 4.78 is 10.1. The van der Waals surface area contributed by atoms with Crippen molar-refractivity contribution in [2.24, 2.45) is 0 Å². The van der Waals surface area contributed by atoms with Crippen LogP contribution in [0.3, 0.4) is 0 Å². The minimum Gasteiger partial charge on any atom is -0.454 e. The third kappa shape index (κ3) is 1.09. The Morgan fingerprint density at radius 2 is 2.17 bits per heavy atom. The molecule has 0 saturated heterocycles. The van der Waals surface area contributed by atoms with Gasteiger partial charge in [0.2, 0.25) is 6.26 Å². The van der Waals surface area contributed by atoms with Gasteiger partial charge in [0.05, 0.1) is 5.56 Å². The van der Waals surface area contributed by atoms with Crippen LogP contribution in [0.5, 0.6) is 0 Å². The summed E-state index contributed by atoms with van der Waals surface area (Å²) in [6.45, 7) is 0. The largest absolute Gasteiger partial charge is 0.454 e. The predicted molar refractivity (Wildman–Crippen MR) is 43.6 cm³/mol. The quantitative estimate of drug-likeness (QED) is 0.638. The second-order valence-corrected chi connectivity index (χ2v) is 2.45. The zero-order valence-electron chi connectivity index (χ0n) is 6.36. The summed E-state index contributed by atoms with van der Waals surface area (Å²) in [5.41, 5.74) is 7.20. The third-order valence-electron chi connectivity index (χ3n) is 1.66. The topological polar surface area (TPSA) is 44.5 Å². The van der Waals surface area contributed by atoms with Crippen LogP contribution >= 0.6 is 0 Å². The molecule has 3 nitrogen and oxygen atoms in total. The predicted octanol–water partition coefficient (Wildman–Crippen LogP) is 1.59. The highest BCUT2D eigenvalue weighted by molar-refractivity contribution is 5.47. The molecule has 1 aromatic rings. The van der Waals surface area contributed by atoms with E-state index in [4.69, 9.17) is 15.2 Å². The van der Waals surface area contributed by atoms with Crippen molar-refractivity contribution in [2.45, 2.75) is 6.29 Å². The normalized spacial score (nSPS) is 15.7. The molecule has 1 radical (unpaired) electrons. The minimum atomic E-state index is -0.425. The molecule has 0 saturated carbocycles. The van der Waals surface area contributed by atoms with Crippen LogP contribution in [0.15, 0.2) is 30.5 Å². The Hall–Kier alpha value is -1.64. The molecular formula is C9H8NO2. The van der Waals surface area contributed by atoms with Crippen molar-refractivity contribution in [3.63, 3.8) is 0 Å². The molecule has 12 heavy (non-hydrogen) atoms. The second kappa shape index (κ2) is 2.77. The Balaban J connectivity index is 2.27. The van der Waals surface area contributed by atoms with Crippen LogP contribution in [0.2, 0.25) is 0 Å². The highest BCUT2D eigenvalue weighted by Crippen LogP contribution is 2.27. The van der Waals surface area contributed by atoms with Gasteiger partial charge in [0.15, 0.2) is 0 Å². The van der Waals surface area contributed by atoms with Crippen molar-refractivity contribution in [3.05, 3.63) is 42.4 Å². The van der Waals surface area contributed by atoms with Crippen LogP contribution in [0, 0.1) is 6.26 Å². The summed E-state index contributed by atoms with van der Waals surface area (Å²) in [6.07, 6.45) is 3.46. The van der Waals surface area contributed by atoms with Gasteiger partial charge in [-0.05, 0) is 12.1 Å². The molecule has 1 aromatic carbocycles. The van der Waals surface area contributed by atoms with E-state index < -0.39 is 6.29 Å². The van der Waals surface area contributed by atoms with Crippen molar-refractivity contribution in [1.82, 2.24) is 0 Å². The fraction of sp³-hybridized carbons (Fsp3) is 0.111. The first-order chi connectivity index (χ1) is 5.88. The van der Waals surface area contributed by atoms with E-state index in [0.29, 0.717) is 5.69 Å². The van der Waals surface area contributed by atoms with Crippen molar-refractivity contribution < 1.29 is 9.47 Å². The van der Waals surface area contributed by atoms with E-state index in [0.717, 1.165) is 5.56 Å². The zero-order valence-corrected chi connectivity index (χ0v) is 6.36. The molecule has 0 amide bonds.